The monoisotopic (exact) mass is 287 g/mol. The number of nitrogens with one attached hydrogen (secondary N) is 1. The first-order chi connectivity index (χ1) is 9.07. The van der Waals surface area contributed by atoms with Crippen molar-refractivity contribution in [2.45, 2.75) is 18.9 Å². The van der Waals surface area contributed by atoms with E-state index in [9.17, 15) is 13.5 Å². The van der Waals surface area contributed by atoms with Gasteiger partial charge in [-0.1, -0.05) is 30.3 Å². The molecular weight excluding hydrogens is 266 g/mol. The van der Waals surface area contributed by atoms with E-state index in [2.05, 4.69) is 4.72 Å². The van der Waals surface area contributed by atoms with Gasteiger partial charge in [0.2, 0.25) is 10.0 Å². The number of sulfonamides is 1. The number of aliphatic hydroxyl groups excluding tert-OH is 1. The molecule has 0 amide bonds. The van der Waals surface area contributed by atoms with Gasteiger partial charge < -0.3 is 9.84 Å². The van der Waals surface area contributed by atoms with Crippen molar-refractivity contribution < 1.29 is 18.3 Å². The van der Waals surface area contributed by atoms with Crippen LogP contribution in [-0.4, -0.2) is 45.6 Å². The fourth-order valence-electron chi connectivity index (χ4n) is 1.75. The SMILES string of the molecule is COCCCS(=O)(=O)N[C@H](CO)Cc1ccccc1. The summed E-state index contributed by atoms with van der Waals surface area (Å²) < 4.78 is 30.9. The quantitative estimate of drug-likeness (QED) is 0.650. The molecule has 1 aromatic carbocycles. The average Bonchev–Trinajstić information content (AvgIpc) is 2.39. The third-order valence-corrected chi connectivity index (χ3v) is 4.17. The molecule has 108 valence electrons. The van der Waals surface area contributed by atoms with Gasteiger partial charge in [-0.25, -0.2) is 13.1 Å². The van der Waals surface area contributed by atoms with Crippen molar-refractivity contribution in [2.24, 2.45) is 0 Å². The van der Waals surface area contributed by atoms with Gasteiger partial charge in [0.05, 0.1) is 12.4 Å². The zero-order valence-electron chi connectivity index (χ0n) is 11.1. The fourth-order valence-corrected chi connectivity index (χ4v) is 3.03. The number of ether oxygens (including phenoxy) is 1. The molecule has 0 spiro atoms. The molecule has 0 aliphatic carbocycles. The van der Waals surface area contributed by atoms with Crippen LogP contribution in [0.1, 0.15) is 12.0 Å². The van der Waals surface area contributed by atoms with Gasteiger partial charge in [-0.05, 0) is 18.4 Å². The van der Waals surface area contributed by atoms with Crippen molar-refractivity contribution in [1.82, 2.24) is 4.72 Å². The second-order valence-corrected chi connectivity index (χ2v) is 6.23. The van der Waals surface area contributed by atoms with Gasteiger partial charge in [-0.2, -0.15) is 0 Å². The van der Waals surface area contributed by atoms with Crippen molar-refractivity contribution in [3.05, 3.63) is 35.9 Å². The Kier molecular flexibility index (Phi) is 7.01. The predicted octanol–water partition coefficient (Wildman–Crippen LogP) is 0.546. The maximum atomic E-state index is 11.8. The lowest BCUT2D eigenvalue weighted by atomic mass is 10.1. The van der Waals surface area contributed by atoms with E-state index in [0.717, 1.165) is 5.56 Å². The molecule has 1 atom stereocenters. The van der Waals surface area contributed by atoms with Crippen LogP contribution in [0.2, 0.25) is 0 Å². The first kappa shape index (κ1) is 16.1. The Balaban J connectivity index is 2.52. The Morgan fingerprint density at radius 3 is 2.58 bits per heavy atom. The lowest BCUT2D eigenvalue weighted by molar-refractivity contribution is 0.199. The molecule has 19 heavy (non-hydrogen) atoms. The van der Waals surface area contributed by atoms with Crippen molar-refractivity contribution in [2.75, 3.05) is 26.1 Å². The summed E-state index contributed by atoms with van der Waals surface area (Å²) in [4.78, 5) is 0. The molecule has 0 saturated carbocycles. The normalized spacial score (nSPS) is 13.4. The molecule has 6 heteroatoms. The van der Waals surface area contributed by atoms with Gasteiger partial charge in [0.25, 0.3) is 0 Å². The van der Waals surface area contributed by atoms with Crippen LogP contribution in [0, 0.1) is 0 Å². The summed E-state index contributed by atoms with van der Waals surface area (Å²) in [6.07, 6.45) is 0.913. The molecule has 0 aromatic heterocycles. The third kappa shape index (κ3) is 6.68. The van der Waals surface area contributed by atoms with Crippen LogP contribution in [0.4, 0.5) is 0 Å². The van der Waals surface area contributed by atoms with Crippen molar-refractivity contribution in [3.8, 4) is 0 Å². The molecule has 1 aromatic rings. The van der Waals surface area contributed by atoms with E-state index < -0.39 is 16.1 Å². The number of hydrogen-bond donors (Lipinski definition) is 2. The molecule has 0 saturated heterocycles. The summed E-state index contributed by atoms with van der Waals surface area (Å²) >= 11 is 0. The largest absolute Gasteiger partial charge is 0.395 e. The van der Waals surface area contributed by atoms with E-state index in [1.54, 1.807) is 0 Å². The highest BCUT2D eigenvalue weighted by Crippen LogP contribution is 2.04. The van der Waals surface area contributed by atoms with Crippen LogP contribution >= 0.6 is 0 Å². The molecule has 0 aliphatic rings. The number of rotatable bonds is 9. The number of aliphatic hydroxyl groups is 1. The Morgan fingerprint density at radius 2 is 2.00 bits per heavy atom. The molecule has 0 fully saturated rings. The van der Waals surface area contributed by atoms with Crippen LogP contribution < -0.4 is 4.72 Å². The van der Waals surface area contributed by atoms with Crippen molar-refractivity contribution in [1.29, 1.82) is 0 Å². The van der Waals surface area contributed by atoms with E-state index in [1.165, 1.54) is 7.11 Å². The fraction of sp³-hybridized carbons (Fsp3) is 0.538. The molecule has 0 bridgehead atoms. The number of methoxy groups -OCH3 is 1. The molecule has 0 heterocycles. The lowest BCUT2D eigenvalue weighted by Gasteiger charge is -2.16. The Morgan fingerprint density at radius 1 is 1.32 bits per heavy atom. The van der Waals surface area contributed by atoms with Crippen molar-refractivity contribution in [3.63, 3.8) is 0 Å². The lowest BCUT2D eigenvalue weighted by Crippen LogP contribution is -2.40. The van der Waals surface area contributed by atoms with E-state index in [-0.39, 0.29) is 12.4 Å². The molecule has 5 nitrogen and oxygen atoms in total. The highest BCUT2D eigenvalue weighted by molar-refractivity contribution is 7.89. The van der Waals surface area contributed by atoms with Gasteiger partial charge in [0.1, 0.15) is 0 Å². The molecular formula is C13H21NO4S. The van der Waals surface area contributed by atoms with Crippen LogP contribution in [0.3, 0.4) is 0 Å². The summed E-state index contributed by atoms with van der Waals surface area (Å²) in [7, 11) is -1.84. The zero-order chi connectivity index (χ0) is 14.1. The third-order valence-electron chi connectivity index (χ3n) is 2.65. The van der Waals surface area contributed by atoms with Gasteiger partial charge in [0, 0.05) is 19.8 Å². The first-order valence-corrected chi connectivity index (χ1v) is 7.86. The van der Waals surface area contributed by atoms with E-state index in [1.807, 2.05) is 30.3 Å². The summed E-state index contributed by atoms with van der Waals surface area (Å²) in [5.41, 5.74) is 0.987. The standard InChI is InChI=1S/C13H21NO4S/c1-18-8-5-9-19(16,17)14-13(11-15)10-12-6-3-2-4-7-12/h2-4,6-7,13-15H,5,8-11H2,1H3/t13-/m0/s1. The number of benzene rings is 1. The van der Waals surface area contributed by atoms with Crippen LogP contribution in [0.5, 0.6) is 0 Å². The Labute approximate surface area is 114 Å². The summed E-state index contributed by atoms with van der Waals surface area (Å²) in [5.74, 6) is 0.00608. The topological polar surface area (TPSA) is 75.6 Å². The van der Waals surface area contributed by atoms with Crippen LogP contribution in [0.15, 0.2) is 30.3 Å². The Bertz CT molecular complexity index is 447. The average molecular weight is 287 g/mol. The Hall–Kier alpha value is -0.950. The molecule has 0 unspecified atom stereocenters. The van der Waals surface area contributed by atoms with Gasteiger partial charge >= 0.3 is 0 Å². The molecule has 0 aliphatic heterocycles. The van der Waals surface area contributed by atoms with E-state index in [0.29, 0.717) is 19.4 Å². The predicted molar refractivity (Wildman–Crippen MR) is 74.4 cm³/mol. The maximum Gasteiger partial charge on any atom is 0.212 e. The first-order valence-electron chi connectivity index (χ1n) is 6.21. The molecule has 2 N–H and O–H groups in total. The summed E-state index contributed by atoms with van der Waals surface area (Å²) in [5, 5.41) is 9.27. The molecule has 1 rings (SSSR count). The van der Waals surface area contributed by atoms with Gasteiger partial charge in [0.15, 0.2) is 0 Å². The smallest absolute Gasteiger partial charge is 0.212 e. The van der Waals surface area contributed by atoms with Gasteiger partial charge in [-0.3, -0.25) is 0 Å². The summed E-state index contributed by atoms with van der Waals surface area (Å²) in [6.45, 7) is 0.182. The van der Waals surface area contributed by atoms with Crippen molar-refractivity contribution >= 4 is 10.0 Å². The van der Waals surface area contributed by atoms with E-state index >= 15 is 0 Å². The minimum Gasteiger partial charge on any atom is -0.395 e. The summed E-state index contributed by atoms with van der Waals surface area (Å²) in [6, 6.07) is 8.99. The second-order valence-electron chi connectivity index (χ2n) is 4.35. The highest BCUT2D eigenvalue weighted by atomic mass is 32.2. The zero-order valence-corrected chi connectivity index (χ0v) is 11.9. The van der Waals surface area contributed by atoms with Crippen LogP contribution in [0.25, 0.3) is 0 Å². The highest BCUT2D eigenvalue weighted by Gasteiger charge is 2.17. The van der Waals surface area contributed by atoms with Crippen LogP contribution in [-0.2, 0) is 21.2 Å². The van der Waals surface area contributed by atoms with Gasteiger partial charge in [-0.15, -0.1) is 0 Å². The molecule has 0 radical (unpaired) electrons. The maximum absolute atomic E-state index is 11.8. The van der Waals surface area contributed by atoms with E-state index in [4.69, 9.17) is 4.74 Å². The minimum absolute atomic E-state index is 0.00608. The number of hydrogen-bond acceptors (Lipinski definition) is 4. The second kappa shape index (κ2) is 8.27. The minimum atomic E-state index is -3.38.